The van der Waals surface area contributed by atoms with E-state index in [1.165, 1.54) is 4.31 Å². The van der Waals surface area contributed by atoms with Crippen molar-refractivity contribution in [3.63, 3.8) is 0 Å². The Kier molecular flexibility index (Phi) is 6.56. The molecule has 2 fully saturated rings. The molecule has 0 saturated carbocycles. The Morgan fingerprint density at radius 3 is 2.12 bits per heavy atom. The van der Waals surface area contributed by atoms with Crippen LogP contribution in [0.4, 0.5) is 32.0 Å². The van der Waals surface area contributed by atoms with Crippen molar-refractivity contribution in [1.82, 2.24) is 4.31 Å². The van der Waals surface area contributed by atoms with E-state index in [1.807, 2.05) is 5.32 Å². The number of piperidine rings is 1. The van der Waals surface area contributed by atoms with Gasteiger partial charge in [0.25, 0.3) is 0 Å². The Labute approximate surface area is 196 Å². The fourth-order valence-corrected chi connectivity index (χ4v) is 7.07. The molecule has 0 amide bonds. The van der Waals surface area contributed by atoms with E-state index in [4.69, 9.17) is 11.6 Å². The van der Waals surface area contributed by atoms with Crippen LogP contribution >= 0.6 is 11.6 Å². The van der Waals surface area contributed by atoms with Gasteiger partial charge >= 0.3 is 6.18 Å². The number of hydrogen-bond donors (Lipinski definition) is 2. The maximum atomic E-state index is 13.9. The number of nitrogens with zero attached hydrogens (tertiary/aromatic N) is 1. The largest absolute Gasteiger partial charge is 0.412 e. The summed E-state index contributed by atoms with van der Waals surface area (Å²) in [6, 6.07) is -0.149. The molecule has 4 rings (SSSR count). The lowest BCUT2D eigenvalue weighted by molar-refractivity contribution is -0.144. The molecule has 2 aromatic rings. The second-order valence-electron chi connectivity index (χ2n) is 8.41. The molecule has 2 unspecified atom stereocenters. The summed E-state index contributed by atoms with van der Waals surface area (Å²) in [6.45, 7) is 0. The predicted molar refractivity (Wildman–Crippen MR) is 111 cm³/mol. The molecule has 2 heterocycles. The highest BCUT2D eigenvalue weighted by Gasteiger charge is 2.48. The Hall–Kier alpha value is -2.02. The van der Waals surface area contributed by atoms with E-state index >= 15 is 0 Å². The van der Waals surface area contributed by atoms with Crippen LogP contribution in [0.15, 0.2) is 35.2 Å². The molecule has 0 aromatic heterocycles. The highest BCUT2D eigenvalue weighted by atomic mass is 35.5. The lowest BCUT2D eigenvalue weighted by Gasteiger charge is -2.36. The summed E-state index contributed by atoms with van der Waals surface area (Å²) in [5.41, 5.74) is -1.27. The lowest BCUT2D eigenvalue weighted by Crippen LogP contribution is -2.47. The molecule has 2 aliphatic rings. The van der Waals surface area contributed by atoms with Gasteiger partial charge in [-0.1, -0.05) is 17.7 Å². The van der Waals surface area contributed by atoms with Crippen molar-refractivity contribution in [1.29, 1.82) is 0 Å². The summed E-state index contributed by atoms with van der Waals surface area (Å²) in [6.07, 6.45) is -4.26. The standard InChI is InChI=1S/C21H19ClF6N2O3S/c22-15-4-1-10(20(21(26,27)28)29-11-6-16(23)19(25)17(24)7-11)5-18(15)34(32,33)30-12-2-3-13(30)9-14(31)8-12/h1,4-7,12-14,20,29,31H,2-3,8-9H2/t12-,13?,14+,20?/m1/s1. The zero-order chi connectivity index (χ0) is 25.0. The van der Waals surface area contributed by atoms with E-state index in [9.17, 15) is 39.9 Å². The van der Waals surface area contributed by atoms with E-state index in [0.717, 1.165) is 18.2 Å². The highest BCUT2D eigenvalue weighted by Crippen LogP contribution is 2.43. The Morgan fingerprint density at radius 2 is 1.59 bits per heavy atom. The lowest BCUT2D eigenvalue weighted by atomic mass is 10.0. The minimum Gasteiger partial charge on any atom is -0.393 e. The molecule has 13 heteroatoms. The van der Waals surface area contributed by atoms with E-state index in [-0.39, 0.29) is 17.9 Å². The number of rotatable bonds is 5. The van der Waals surface area contributed by atoms with Crippen molar-refractivity contribution in [3.05, 3.63) is 58.4 Å². The number of fused-ring (bicyclic) bond motifs is 2. The van der Waals surface area contributed by atoms with Gasteiger partial charge in [-0.2, -0.15) is 17.5 Å². The topological polar surface area (TPSA) is 69.6 Å². The number of sulfonamides is 1. The summed E-state index contributed by atoms with van der Waals surface area (Å²) in [5.74, 6) is -5.22. The number of anilines is 1. The van der Waals surface area contributed by atoms with Crippen molar-refractivity contribution >= 4 is 27.3 Å². The Bertz CT molecular complexity index is 1170. The molecule has 0 spiro atoms. The zero-order valence-corrected chi connectivity index (χ0v) is 18.9. The van der Waals surface area contributed by atoms with Crippen LogP contribution < -0.4 is 5.32 Å². The summed E-state index contributed by atoms with van der Waals surface area (Å²) >= 11 is 6.08. The molecular formula is C21H19ClF6N2O3S. The van der Waals surface area contributed by atoms with E-state index in [1.54, 1.807) is 0 Å². The van der Waals surface area contributed by atoms with Crippen molar-refractivity contribution in [2.24, 2.45) is 0 Å². The fraction of sp³-hybridized carbons (Fsp3) is 0.429. The van der Waals surface area contributed by atoms with Crippen molar-refractivity contribution in [3.8, 4) is 0 Å². The van der Waals surface area contributed by atoms with Gasteiger partial charge in [-0.15, -0.1) is 0 Å². The third-order valence-electron chi connectivity index (χ3n) is 6.11. The fourth-order valence-electron chi connectivity index (χ4n) is 4.67. The van der Waals surface area contributed by atoms with Gasteiger partial charge in [0, 0.05) is 29.9 Å². The minimum absolute atomic E-state index is 0.210. The second kappa shape index (κ2) is 8.89. The number of nitrogens with one attached hydrogen (secondary N) is 1. The first-order chi connectivity index (χ1) is 15.8. The van der Waals surface area contributed by atoms with E-state index in [2.05, 4.69) is 0 Å². The maximum absolute atomic E-state index is 13.9. The average Bonchev–Trinajstić information content (AvgIpc) is 3.02. The summed E-state index contributed by atoms with van der Waals surface area (Å²) < 4.78 is 110. The second-order valence-corrected chi connectivity index (χ2v) is 10.6. The third kappa shape index (κ3) is 4.60. The highest BCUT2D eigenvalue weighted by molar-refractivity contribution is 7.89. The first-order valence-electron chi connectivity index (χ1n) is 10.3. The SMILES string of the molecule is O=S(=O)(c1cc(C(Nc2cc(F)c(F)c(F)c2)C(F)(F)F)ccc1Cl)N1C2CC[C@@H]1C[C@H](O)C2. The number of aliphatic hydroxyl groups excluding tert-OH is 1. The molecule has 2 N–H and O–H groups in total. The molecule has 0 radical (unpaired) electrons. The van der Waals surface area contributed by atoms with Gasteiger partial charge in [-0.05, 0) is 43.4 Å². The number of benzene rings is 2. The first kappa shape index (κ1) is 25.1. The summed E-state index contributed by atoms with van der Waals surface area (Å²) in [7, 11) is -4.32. The van der Waals surface area contributed by atoms with Gasteiger partial charge in [0.05, 0.1) is 11.1 Å². The summed E-state index contributed by atoms with van der Waals surface area (Å²) in [4.78, 5) is -0.549. The quantitative estimate of drug-likeness (QED) is 0.416. The van der Waals surface area contributed by atoms with Crippen LogP contribution in [0.3, 0.4) is 0 Å². The number of alkyl halides is 3. The van der Waals surface area contributed by atoms with Crippen LogP contribution in [0.1, 0.15) is 37.3 Å². The zero-order valence-electron chi connectivity index (χ0n) is 17.3. The van der Waals surface area contributed by atoms with Crippen molar-refractivity contribution in [2.75, 3.05) is 5.32 Å². The van der Waals surface area contributed by atoms with Crippen LogP contribution in [-0.2, 0) is 10.0 Å². The number of hydrogen-bond acceptors (Lipinski definition) is 4. The molecule has 4 atom stereocenters. The smallest absolute Gasteiger partial charge is 0.393 e. The van der Waals surface area contributed by atoms with Crippen LogP contribution in [0.25, 0.3) is 0 Å². The van der Waals surface area contributed by atoms with Gasteiger partial charge in [0.1, 0.15) is 10.9 Å². The van der Waals surface area contributed by atoms with Crippen LogP contribution in [0.5, 0.6) is 0 Å². The maximum Gasteiger partial charge on any atom is 0.412 e. The molecule has 2 aromatic carbocycles. The normalized spacial score (nSPS) is 24.3. The number of aliphatic hydroxyl groups is 1. The van der Waals surface area contributed by atoms with E-state index < -0.39 is 74.0 Å². The van der Waals surface area contributed by atoms with Crippen LogP contribution in [0, 0.1) is 17.5 Å². The van der Waals surface area contributed by atoms with Crippen LogP contribution in [-0.4, -0.2) is 42.2 Å². The molecule has 186 valence electrons. The van der Waals surface area contributed by atoms with E-state index in [0.29, 0.717) is 25.0 Å². The van der Waals surface area contributed by atoms with Gasteiger partial charge in [0.15, 0.2) is 17.5 Å². The average molecular weight is 529 g/mol. The van der Waals surface area contributed by atoms with Crippen molar-refractivity contribution in [2.45, 2.75) is 61.0 Å². The molecule has 34 heavy (non-hydrogen) atoms. The first-order valence-corrected chi connectivity index (χ1v) is 12.1. The molecular weight excluding hydrogens is 510 g/mol. The van der Waals surface area contributed by atoms with Gasteiger partial charge in [-0.3, -0.25) is 0 Å². The molecule has 0 aliphatic carbocycles. The Morgan fingerprint density at radius 1 is 1.03 bits per heavy atom. The molecule has 2 bridgehead atoms. The Balaban J connectivity index is 1.73. The van der Waals surface area contributed by atoms with Crippen molar-refractivity contribution < 1.29 is 39.9 Å². The van der Waals surface area contributed by atoms with Gasteiger partial charge in [0.2, 0.25) is 10.0 Å². The van der Waals surface area contributed by atoms with Gasteiger partial charge in [-0.25, -0.2) is 21.6 Å². The van der Waals surface area contributed by atoms with Gasteiger partial charge < -0.3 is 10.4 Å². The monoisotopic (exact) mass is 528 g/mol. The molecule has 2 saturated heterocycles. The summed E-state index contributed by atoms with van der Waals surface area (Å²) in [5, 5.41) is 11.5. The molecule has 5 nitrogen and oxygen atoms in total. The number of halogens is 7. The minimum atomic E-state index is -5.02. The third-order valence-corrected chi connectivity index (χ3v) is 8.59. The predicted octanol–water partition coefficient (Wildman–Crippen LogP) is 5.15. The van der Waals surface area contributed by atoms with Crippen LogP contribution in [0.2, 0.25) is 5.02 Å². The molecule has 2 aliphatic heterocycles.